The second-order valence-electron chi connectivity index (χ2n) is 6.90. The number of rotatable bonds is 4. The van der Waals surface area contributed by atoms with Gasteiger partial charge in [-0.15, -0.1) is 0 Å². The Morgan fingerprint density at radius 2 is 1.93 bits per heavy atom. The zero-order chi connectivity index (χ0) is 20.4. The summed E-state index contributed by atoms with van der Waals surface area (Å²) >= 11 is 7.83. The Balaban J connectivity index is 1.60. The smallest absolute Gasteiger partial charge is 0.189 e. The first-order valence-corrected chi connectivity index (χ1v) is 11.0. The number of pyridine rings is 1. The molecule has 3 heterocycles. The maximum Gasteiger partial charge on any atom is 0.189 e. The summed E-state index contributed by atoms with van der Waals surface area (Å²) in [7, 11) is 0. The summed E-state index contributed by atoms with van der Waals surface area (Å²) in [6, 6.07) is 12.3. The first-order valence-electron chi connectivity index (χ1n) is 9.36. The zero-order valence-corrected chi connectivity index (χ0v) is 17.8. The van der Waals surface area contributed by atoms with Crippen LogP contribution in [0, 0.1) is 5.82 Å². The molecular formula is C21H21ClFN5S. The highest BCUT2D eigenvalue weighted by molar-refractivity contribution is 7.98. The lowest BCUT2D eigenvalue weighted by molar-refractivity contribution is 0.541. The highest BCUT2D eigenvalue weighted by atomic mass is 35.5. The Labute approximate surface area is 178 Å². The molecule has 5 nitrogen and oxygen atoms in total. The number of hydrogen-bond acceptors (Lipinski definition) is 6. The minimum absolute atomic E-state index is 0.215. The van der Waals surface area contributed by atoms with E-state index >= 15 is 0 Å². The molecule has 1 aliphatic heterocycles. The molecule has 2 aromatic heterocycles. The molecule has 3 aromatic rings. The topological polar surface area (TPSA) is 45.2 Å². The minimum Gasteiger partial charge on any atom is -0.352 e. The molecule has 150 valence electrons. The molecule has 1 aromatic carbocycles. The molecule has 0 spiro atoms. The molecule has 1 aliphatic rings. The molecule has 0 radical (unpaired) electrons. The van der Waals surface area contributed by atoms with Gasteiger partial charge in [0.1, 0.15) is 17.5 Å². The summed E-state index contributed by atoms with van der Waals surface area (Å²) in [5.41, 5.74) is 1.67. The highest BCUT2D eigenvalue weighted by Crippen LogP contribution is 2.29. The molecule has 1 saturated heterocycles. The molecule has 1 fully saturated rings. The number of halogens is 2. The van der Waals surface area contributed by atoms with E-state index in [0.29, 0.717) is 10.2 Å². The van der Waals surface area contributed by atoms with Gasteiger partial charge < -0.3 is 9.80 Å². The van der Waals surface area contributed by atoms with Crippen LogP contribution in [-0.2, 0) is 0 Å². The van der Waals surface area contributed by atoms with Crippen molar-refractivity contribution in [1.29, 1.82) is 0 Å². The van der Waals surface area contributed by atoms with Crippen LogP contribution >= 0.6 is 23.4 Å². The number of piperazine rings is 1. The second-order valence-corrected chi connectivity index (χ2v) is 8.08. The standard InChI is InChI=1S/C21H21ClFN5S/c1-14-13-27(20-17(22)4-3-9-24-20)10-11-28(14)19-12-18(25-21(26-19)29-2)15-5-7-16(23)8-6-15/h3-9,12,14H,10-11,13H2,1-2H3/t14-/m1/s1. The number of anilines is 2. The average molecular weight is 430 g/mol. The SMILES string of the molecule is CSc1nc(-c2ccc(F)cc2)cc(N2CCN(c3ncccc3Cl)C[C@H]2C)n1. The van der Waals surface area contributed by atoms with Gasteiger partial charge in [-0.05, 0) is 49.6 Å². The van der Waals surface area contributed by atoms with Crippen LogP contribution in [0.25, 0.3) is 11.3 Å². The number of hydrogen-bond donors (Lipinski definition) is 0. The third-order valence-electron chi connectivity index (χ3n) is 4.98. The molecule has 0 unspecified atom stereocenters. The van der Waals surface area contributed by atoms with Gasteiger partial charge in [0.2, 0.25) is 0 Å². The fraction of sp³-hybridized carbons (Fsp3) is 0.286. The van der Waals surface area contributed by atoms with E-state index in [0.717, 1.165) is 42.5 Å². The maximum absolute atomic E-state index is 13.3. The largest absolute Gasteiger partial charge is 0.352 e. The van der Waals surface area contributed by atoms with Gasteiger partial charge in [-0.2, -0.15) is 0 Å². The van der Waals surface area contributed by atoms with Crippen molar-refractivity contribution in [2.45, 2.75) is 18.1 Å². The van der Waals surface area contributed by atoms with Crippen LogP contribution in [0.15, 0.2) is 53.8 Å². The van der Waals surface area contributed by atoms with E-state index in [1.54, 1.807) is 18.3 Å². The van der Waals surface area contributed by atoms with E-state index in [-0.39, 0.29) is 11.9 Å². The van der Waals surface area contributed by atoms with Gasteiger partial charge in [-0.1, -0.05) is 23.4 Å². The summed E-state index contributed by atoms with van der Waals surface area (Å²) in [6.07, 6.45) is 3.72. The van der Waals surface area contributed by atoms with Crippen molar-refractivity contribution < 1.29 is 4.39 Å². The van der Waals surface area contributed by atoms with Crippen LogP contribution < -0.4 is 9.80 Å². The summed E-state index contributed by atoms with van der Waals surface area (Å²) in [4.78, 5) is 18.3. The summed E-state index contributed by atoms with van der Waals surface area (Å²) in [5.74, 6) is 1.44. The molecule has 4 rings (SSSR count). The number of thioether (sulfide) groups is 1. The van der Waals surface area contributed by atoms with Crippen molar-refractivity contribution in [3.05, 3.63) is 59.5 Å². The molecule has 29 heavy (non-hydrogen) atoms. The van der Waals surface area contributed by atoms with Crippen molar-refractivity contribution in [2.75, 3.05) is 35.7 Å². The number of benzene rings is 1. The summed E-state index contributed by atoms with van der Waals surface area (Å²) in [6.45, 7) is 4.55. The molecule has 0 aliphatic carbocycles. The maximum atomic E-state index is 13.3. The quantitative estimate of drug-likeness (QED) is 0.439. The first-order chi connectivity index (χ1) is 14.0. The summed E-state index contributed by atoms with van der Waals surface area (Å²) < 4.78 is 13.3. The molecule has 0 N–H and O–H groups in total. The van der Waals surface area contributed by atoms with Gasteiger partial charge in [0.05, 0.1) is 10.7 Å². The van der Waals surface area contributed by atoms with Crippen LogP contribution in [0.2, 0.25) is 5.02 Å². The van der Waals surface area contributed by atoms with Crippen molar-refractivity contribution in [1.82, 2.24) is 15.0 Å². The van der Waals surface area contributed by atoms with E-state index in [4.69, 9.17) is 16.6 Å². The predicted molar refractivity (Wildman–Crippen MR) is 117 cm³/mol. The van der Waals surface area contributed by atoms with Crippen LogP contribution in [0.4, 0.5) is 16.0 Å². The van der Waals surface area contributed by atoms with Crippen LogP contribution in [0.1, 0.15) is 6.92 Å². The Morgan fingerprint density at radius 1 is 1.14 bits per heavy atom. The van der Waals surface area contributed by atoms with Crippen molar-refractivity contribution in [3.63, 3.8) is 0 Å². The van der Waals surface area contributed by atoms with E-state index in [2.05, 4.69) is 26.7 Å². The van der Waals surface area contributed by atoms with Gasteiger partial charge in [0.25, 0.3) is 0 Å². The molecule has 0 saturated carbocycles. The Morgan fingerprint density at radius 3 is 2.62 bits per heavy atom. The molecule has 8 heteroatoms. The second kappa shape index (κ2) is 8.55. The van der Waals surface area contributed by atoms with Crippen LogP contribution in [0.3, 0.4) is 0 Å². The molecule has 1 atom stereocenters. The van der Waals surface area contributed by atoms with E-state index in [1.807, 2.05) is 24.5 Å². The lowest BCUT2D eigenvalue weighted by atomic mass is 10.1. The molecule has 0 amide bonds. The fourth-order valence-electron chi connectivity index (χ4n) is 3.52. The highest BCUT2D eigenvalue weighted by Gasteiger charge is 2.27. The van der Waals surface area contributed by atoms with Crippen LogP contribution in [0.5, 0.6) is 0 Å². The van der Waals surface area contributed by atoms with Gasteiger partial charge in [0, 0.05) is 43.5 Å². The van der Waals surface area contributed by atoms with Gasteiger partial charge in [0.15, 0.2) is 5.16 Å². The lowest BCUT2D eigenvalue weighted by Gasteiger charge is -2.41. The van der Waals surface area contributed by atoms with E-state index in [9.17, 15) is 4.39 Å². The van der Waals surface area contributed by atoms with E-state index < -0.39 is 0 Å². The predicted octanol–water partition coefficient (Wildman–Crippen LogP) is 4.77. The zero-order valence-electron chi connectivity index (χ0n) is 16.2. The normalized spacial score (nSPS) is 16.9. The van der Waals surface area contributed by atoms with Crippen molar-refractivity contribution in [2.24, 2.45) is 0 Å². The Hall–Kier alpha value is -2.38. The minimum atomic E-state index is -0.258. The number of nitrogens with zero attached hydrogens (tertiary/aromatic N) is 5. The first kappa shape index (κ1) is 19.9. The van der Waals surface area contributed by atoms with Crippen molar-refractivity contribution >= 4 is 35.0 Å². The van der Waals surface area contributed by atoms with Gasteiger partial charge in [-0.25, -0.2) is 19.3 Å². The monoisotopic (exact) mass is 429 g/mol. The molecular weight excluding hydrogens is 409 g/mol. The Kier molecular flexibility index (Phi) is 5.87. The average Bonchev–Trinajstić information content (AvgIpc) is 2.74. The van der Waals surface area contributed by atoms with Crippen molar-refractivity contribution in [3.8, 4) is 11.3 Å². The lowest BCUT2D eigenvalue weighted by Crippen LogP contribution is -2.52. The third kappa shape index (κ3) is 4.31. The van der Waals surface area contributed by atoms with Crippen LogP contribution in [-0.4, -0.2) is 46.9 Å². The van der Waals surface area contributed by atoms with E-state index in [1.165, 1.54) is 23.9 Å². The third-order valence-corrected chi connectivity index (χ3v) is 5.82. The number of aromatic nitrogens is 3. The summed E-state index contributed by atoms with van der Waals surface area (Å²) in [5, 5.41) is 1.36. The van der Waals surface area contributed by atoms with Gasteiger partial charge in [-0.3, -0.25) is 0 Å². The molecule has 0 bridgehead atoms. The Bertz CT molecular complexity index is 1000. The fourth-order valence-corrected chi connectivity index (χ4v) is 4.14. The van der Waals surface area contributed by atoms with Gasteiger partial charge >= 0.3 is 0 Å².